The molecule has 5 nitrogen and oxygen atoms in total. The van der Waals surface area contributed by atoms with Crippen LogP contribution in [0.4, 0.5) is 0 Å². The first-order chi connectivity index (χ1) is 11.9. The quantitative estimate of drug-likeness (QED) is 0.850. The fourth-order valence-electron chi connectivity index (χ4n) is 3.63. The van der Waals surface area contributed by atoms with E-state index in [1.807, 2.05) is 24.3 Å². The number of aromatic nitrogens is 2. The van der Waals surface area contributed by atoms with E-state index in [0.717, 1.165) is 42.8 Å². The van der Waals surface area contributed by atoms with Gasteiger partial charge in [-0.1, -0.05) is 11.2 Å². The lowest BCUT2D eigenvalue weighted by Gasteiger charge is -2.39. The summed E-state index contributed by atoms with van der Waals surface area (Å²) in [6.45, 7) is 5.68. The van der Waals surface area contributed by atoms with E-state index >= 15 is 0 Å². The molecule has 0 amide bonds. The minimum absolute atomic E-state index is 0.779. The third-order valence-electron chi connectivity index (χ3n) is 4.98. The topological polar surface area (TPSA) is 45.4 Å². The number of pyridine rings is 1. The molecular formula is C18H24N4OS. The average molecular weight is 344 g/mol. The van der Waals surface area contributed by atoms with Gasteiger partial charge in [0, 0.05) is 56.0 Å². The Morgan fingerprint density at radius 2 is 1.92 bits per heavy atom. The highest BCUT2D eigenvalue weighted by molar-refractivity contribution is 7.99. The second kappa shape index (κ2) is 7.68. The number of hydrogen-bond acceptors (Lipinski definition) is 6. The molecule has 0 saturated carbocycles. The van der Waals surface area contributed by atoms with Crippen molar-refractivity contribution in [1.29, 1.82) is 0 Å². The fourth-order valence-corrected chi connectivity index (χ4v) is 4.56. The Kier molecular flexibility index (Phi) is 5.16. The highest BCUT2D eigenvalue weighted by Gasteiger charge is 2.26. The van der Waals surface area contributed by atoms with E-state index < -0.39 is 0 Å². The van der Waals surface area contributed by atoms with Crippen LogP contribution in [0.15, 0.2) is 35.0 Å². The molecule has 2 aliphatic rings. The maximum absolute atomic E-state index is 5.52. The predicted octanol–water partition coefficient (Wildman–Crippen LogP) is 2.75. The first-order valence-electron chi connectivity index (χ1n) is 8.79. The Morgan fingerprint density at radius 1 is 1.08 bits per heavy atom. The van der Waals surface area contributed by atoms with Gasteiger partial charge in [0.2, 0.25) is 0 Å². The van der Waals surface area contributed by atoms with Gasteiger partial charge in [-0.15, -0.1) is 0 Å². The van der Waals surface area contributed by atoms with Crippen molar-refractivity contribution in [2.45, 2.75) is 25.4 Å². The van der Waals surface area contributed by atoms with Crippen molar-refractivity contribution >= 4 is 11.8 Å². The molecule has 0 atom stereocenters. The molecule has 2 aromatic heterocycles. The van der Waals surface area contributed by atoms with Crippen LogP contribution in [0, 0.1) is 0 Å². The minimum atomic E-state index is 0.779. The van der Waals surface area contributed by atoms with Crippen molar-refractivity contribution in [3.8, 4) is 11.4 Å². The summed E-state index contributed by atoms with van der Waals surface area (Å²) in [4.78, 5) is 9.51. The molecule has 2 aliphatic heterocycles. The second-order valence-electron chi connectivity index (χ2n) is 6.55. The van der Waals surface area contributed by atoms with E-state index in [9.17, 15) is 0 Å². The van der Waals surface area contributed by atoms with Gasteiger partial charge in [-0.05, 0) is 25.0 Å². The Balaban J connectivity index is 1.30. The van der Waals surface area contributed by atoms with E-state index in [1.165, 1.54) is 37.4 Å². The molecule has 2 aromatic rings. The van der Waals surface area contributed by atoms with E-state index in [0.29, 0.717) is 0 Å². The molecule has 0 spiro atoms. The molecule has 4 heterocycles. The molecule has 0 unspecified atom stereocenters. The summed E-state index contributed by atoms with van der Waals surface area (Å²) in [5.41, 5.74) is 1.69. The van der Waals surface area contributed by atoms with Crippen LogP contribution in [0.2, 0.25) is 0 Å². The molecular weight excluding hydrogens is 320 g/mol. The smallest absolute Gasteiger partial charge is 0.151 e. The third-order valence-corrected chi connectivity index (χ3v) is 5.93. The van der Waals surface area contributed by atoms with Crippen LogP contribution in [0.3, 0.4) is 0 Å². The van der Waals surface area contributed by atoms with Crippen molar-refractivity contribution in [2.24, 2.45) is 0 Å². The van der Waals surface area contributed by atoms with Crippen molar-refractivity contribution in [3.05, 3.63) is 36.2 Å². The first-order valence-corrected chi connectivity index (χ1v) is 9.95. The number of piperidine rings is 1. The zero-order valence-corrected chi connectivity index (χ0v) is 14.7. The summed E-state index contributed by atoms with van der Waals surface area (Å²) in [5.74, 6) is 3.53. The molecule has 4 rings (SSSR count). The Hall–Kier alpha value is -1.37. The lowest BCUT2D eigenvalue weighted by molar-refractivity contribution is 0.106. The van der Waals surface area contributed by atoms with Gasteiger partial charge in [0.05, 0.1) is 12.2 Å². The van der Waals surface area contributed by atoms with E-state index in [1.54, 1.807) is 6.20 Å². The Morgan fingerprint density at radius 3 is 2.67 bits per heavy atom. The van der Waals surface area contributed by atoms with Gasteiger partial charge in [0.1, 0.15) is 5.69 Å². The summed E-state index contributed by atoms with van der Waals surface area (Å²) in [7, 11) is 0. The van der Waals surface area contributed by atoms with Gasteiger partial charge in [0.25, 0.3) is 0 Å². The summed E-state index contributed by atoms with van der Waals surface area (Å²) < 4.78 is 5.52. The van der Waals surface area contributed by atoms with Crippen LogP contribution >= 0.6 is 11.8 Å². The van der Waals surface area contributed by atoms with Crippen LogP contribution < -0.4 is 0 Å². The molecule has 128 valence electrons. The highest BCUT2D eigenvalue weighted by Crippen LogP contribution is 2.23. The molecule has 0 aromatic carbocycles. The van der Waals surface area contributed by atoms with Crippen molar-refractivity contribution < 1.29 is 4.52 Å². The van der Waals surface area contributed by atoms with Crippen LogP contribution in [0.5, 0.6) is 0 Å². The standard InChI is InChI=1S/C18H24N4OS/c1-2-6-19-17(3-1)18-13-16(23-20-18)14-21-7-4-15(5-8-21)22-9-11-24-12-10-22/h1-3,6,13,15H,4-5,7-12,14H2. The largest absolute Gasteiger partial charge is 0.359 e. The number of hydrogen-bond donors (Lipinski definition) is 0. The summed E-state index contributed by atoms with van der Waals surface area (Å²) >= 11 is 2.09. The van der Waals surface area contributed by atoms with Crippen LogP contribution in [-0.2, 0) is 6.54 Å². The molecule has 24 heavy (non-hydrogen) atoms. The highest BCUT2D eigenvalue weighted by atomic mass is 32.2. The van der Waals surface area contributed by atoms with Crippen LogP contribution in [0.25, 0.3) is 11.4 Å². The van der Waals surface area contributed by atoms with Crippen molar-refractivity contribution in [2.75, 3.05) is 37.7 Å². The van der Waals surface area contributed by atoms with E-state index in [2.05, 4.69) is 31.7 Å². The molecule has 0 N–H and O–H groups in total. The SMILES string of the molecule is c1ccc(-c2cc(CN3CCC(N4CCSCC4)CC3)on2)nc1. The fraction of sp³-hybridized carbons (Fsp3) is 0.556. The van der Waals surface area contributed by atoms with Gasteiger partial charge < -0.3 is 4.52 Å². The number of likely N-dealkylation sites (tertiary alicyclic amines) is 1. The van der Waals surface area contributed by atoms with Crippen molar-refractivity contribution in [1.82, 2.24) is 19.9 Å². The zero-order chi connectivity index (χ0) is 16.2. The molecule has 6 heteroatoms. The van der Waals surface area contributed by atoms with Gasteiger partial charge >= 0.3 is 0 Å². The third kappa shape index (κ3) is 3.82. The predicted molar refractivity (Wildman–Crippen MR) is 96.9 cm³/mol. The number of rotatable bonds is 4. The summed E-state index contributed by atoms with van der Waals surface area (Å²) in [5, 5.41) is 4.17. The number of thioether (sulfide) groups is 1. The van der Waals surface area contributed by atoms with Gasteiger partial charge in [0.15, 0.2) is 5.76 Å². The van der Waals surface area contributed by atoms with Crippen LogP contribution in [0.1, 0.15) is 18.6 Å². The maximum atomic E-state index is 5.52. The Labute approximate surface area is 147 Å². The summed E-state index contributed by atoms with van der Waals surface area (Å²) in [6, 6.07) is 8.65. The van der Waals surface area contributed by atoms with Gasteiger partial charge in [-0.25, -0.2) is 0 Å². The monoisotopic (exact) mass is 344 g/mol. The molecule has 2 saturated heterocycles. The normalized spacial score (nSPS) is 21.2. The molecule has 0 radical (unpaired) electrons. The minimum Gasteiger partial charge on any atom is -0.359 e. The van der Waals surface area contributed by atoms with Crippen LogP contribution in [-0.4, -0.2) is 63.7 Å². The molecule has 0 bridgehead atoms. The molecule has 2 fully saturated rings. The molecule has 0 aliphatic carbocycles. The average Bonchev–Trinajstić information content (AvgIpc) is 3.12. The Bertz CT molecular complexity index is 633. The zero-order valence-electron chi connectivity index (χ0n) is 13.9. The van der Waals surface area contributed by atoms with E-state index in [4.69, 9.17) is 4.52 Å². The lowest BCUT2D eigenvalue weighted by atomic mass is 10.0. The van der Waals surface area contributed by atoms with E-state index in [-0.39, 0.29) is 0 Å². The second-order valence-corrected chi connectivity index (χ2v) is 7.77. The first kappa shape index (κ1) is 16.1. The van der Waals surface area contributed by atoms with Gasteiger partial charge in [-0.2, -0.15) is 11.8 Å². The summed E-state index contributed by atoms with van der Waals surface area (Å²) in [6.07, 6.45) is 4.32. The van der Waals surface area contributed by atoms with Crippen molar-refractivity contribution in [3.63, 3.8) is 0 Å². The number of nitrogens with zero attached hydrogens (tertiary/aromatic N) is 4. The lowest BCUT2D eigenvalue weighted by Crippen LogP contribution is -2.47. The van der Waals surface area contributed by atoms with Gasteiger partial charge in [-0.3, -0.25) is 14.8 Å². The maximum Gasteiger partial charge on any atom is 0.151 e.